The Hall–Kier alpha value is -1.95. The van der Waals surface area contributed by atoms with Crippen LogP contribution in [0.5, 0.6) is 0 Å². The van der Waals surface area contributed by atoms with E-state index in [4.69, 9.17) is 4.42 Å². The van der Waals surface area contributed by atoms with E-state index in [9.17, 15) is 4.39 Å². The molecule has 0 radical (unpaired) electrons. The molecule has 0 spiro atoms. The minimum atomic E-state index is -0.258. The van der Waals surface area contributed by atoms with Crippen LogP contribution in [0.1, 0.15) is 25.3 Å². The van der Waals surface area contributed by atoms with Crippen LogP contribution in [-0.4, -0.2) is 16.2 Å². The van der Waals surface area contributed by atoms with Crippen LogP contribution in [0.25, 0.3) is 0 Å². The minimum Gasteiger partial charge on any atom is -0.407 e. The average molecular weight is 264 g/mol. The standard InChI is InChI=1S/C13H17FN4O/c1-9(2)15-8-12-17-18-13(19-12)16-7-10-4-3-5-11(14)6-10/h3-6,9,15H,7-8H2,1-2H3,(H,16,18). The molecule has 2 aromatic rings. The average Bonchev–Trinajstić information content (AvgIpc) is 2.82. The Bertz CT molecular complexity index is 527. The zero-order valence-electron chi connectivity index (χ0n) is 11.0. The smallest absolute Gasteiger partial charge is 0.315 e. The number of nitrogens with zero attached hydrogens (tertiary/aromatic N) is 2. The molecule has 0 bridgehead atoms. The molecule has 1 aromatic heterocycles. The van der Waals surface area contributed by atoms with Gasteiger partial charge in [0, 0.05) is 12.6 Å². The van der Waals surface area contributed by atoms with Crippen LogP contribution in [0.3, 0.4) is 0 Å². The van der Waals surface area contributed by atoms with Crippen molar-refractivity contribution in [3.8, 4) is 0 Å². The maximum atomic E-state index is 13.0. The molecule has 19 heavy (non-hydrogen) atoms. The monoisotopic (exact) mass is 264 g/mol. The Kier molecular flexibility index (Phi) is 4.46. The molecule has 6 heteroatoms. The van der Waals surface area contributed by atoms with Crippen LogP contribution in [-0.2, 0) is 13.1 Å². The molecule has 0 saturated carbocycles. The lowest BCUT2D eigenvalue weighted by molar-refractivity contribution is 0.458. The van der Waals surface area contributed by atoms with Crippen LogP contribution in [0.15, 0.2) is 28.7 Å². The number of nitrogens with one attached hydrogen (secondary N) is 2. The van der Waals surface area contributed by atoms with Crippen molar-refractivity contribution in [2.45, 2.75) is 33.0 Å². The number of anilines is 1. The SMILES string of the molecule is CC(C)NCc1nnc(NCc2cccc(F)c2)o1. The van der Waals surface area contributed by atoms with E-state index in [0.717, 1.165) is 5.56 Å². The van der Waals surface area contributed by atoms with Crippen molar-refractivity contribution in [1.82, 2.24) is 15.5 Å². The summed E-state index contributed by atoms with van der Waals surface area (Å²) in [7, 11) is 0. The van der Waals surface area contributed by atoms with E-state index in [0.29, 0.717) is 31.0 Å². The van der Waals surface area contributed by atoms with Crippen LogP contribution < -0.4 is 10.6 Å². The second-order valence-corrected chi connectivity index (χ2v) is 4.52. The zero-order valence-corrected chi connectivity index (χ0v) is 11.0. The van der Waals surface area contributed by atoms with Crippen molar-refractivity contribution in [3.63, 3.8) is 0 Å². The lowest BCUT2D eigenvalue weighted by Crippen LogP contribution is -2.21. The van der Waals surface area contributed by atoms with Gasteiger partial charge in [-0.05, 0) is 17.7 Å². The number of halogens is 1. The van der Waals surface area contributed by atoms with Gasteiger partial charge >= 0.3 is 6.01 Å². The van der Waals surface area contributed by atoms with E-state index in [1.165, 1.54) is 12.1 Å². The highest BCUT2D eigenvalue weighted by Gasteiger charge is 2.06. The number of hydrogen-bond acceptors (Lipinski definition) is 5. The van der Waals surface area contributed by atoms with E-state index < -0.39 is 0 Å². The highest BCUT2D eigenvalue weighted by atomic mass is 19.1. The molecule has 102 valence electrons. The minimum absolute atomic E-state index is 0.258. The maximum Gasteiger partial charge on any atom is 0.315 e. The first kappa shape index (κ1) is 13.5. The highest BCUT2D eigenvalue weighted by Crippen LogP contribution is 2.09. The molecular formula is C13H17FN4O. The summed E-state index contributed by atoms with van der Waals surface area (Å²) in [6.07, 6.45) is 0. The van der Waals surface area contributed by atoms with E-state index in [1.807, 2.05) is 19.9 Å². The van der Waals surface area contributed by atoms with Crippen molar-refractivity contribution in [3.05, 3.63) is 41.5 Å². The lowest BCUT2D eigenvalue weighted by Gasteiger charge is -2.03. The van der Waals surface area contributed by atoms with Crippen LogP contribution >= 0.6 is 0 Å². The number of benzene rings is 1. The third-order valence-electron chi connectivity index (χ3n) is 2.46. The van der Waals surface area contributed by atoms with Gasteiger partial charge in [0.2, 0.25) is 5.89 Å². The second kappa shape index (κ2) is 6.29. The molecule has 0 fully saturated rings. The van der Waals surface area contributed by atoms with Crippen molar-refractivity contribution in [2.75, 3.05) is 5.32 Å². The molecule has 0 unspecified atom stereocenters. The van der Waals surface area contributed by atoms with Gasteiger partial charge in [-0.25, -0.2) is 4.39 Å². The predicted molar refractivity (Wildman–Crippen MR) is 70.0 cm³/mol. The molecule has 0 aliphatic heterocycles. The Balaban J connectivity index is 1.86. The molecule has 2 rings (SSSR count). The third-order valence-corrected chi connectivity index (χ3v) is 2.46. The van der Waals surface area contributed by atoms with Gasteiger partial charge in [0.05, 0.1) is 6.54 Å². The van der Waals surface area contributed by atoms with Crippen molar-refractivity contribution in [1.29, 1.82) is 0 Å². The van der Waals surface area contributed by atoms with E-state index in [-0.39, 0.29) is 5.82 Å². The summed E-state index contributed by atoms with van der Waals surface area (Å²) in [5.41, 5.74) is 0.819. The van der Waals surface area contributed by atoms with Gasteiger partial charge in [-0.15, -0.1) is 5.10 Å². The molecule has 1 heterocycles. The van der Waals surface area contributed by atoms with Gasteiger partial charge in [-0.2, -0.15) is 0 Å². The zero-order chi connectivity index (χ0) is 13.7. The fourth-order valence-electron chi connectivity index (χ4n) is 1.51. The van der Waals surface area contributed by atoms with Gasteiger partial charge in [-0.1, -0.05) is 31.1 Å². The molecule has 5 nitrogen and oxygen atoms in total. The van der Waals surface area contributed by atoms with Crippen LogP contribution in [0.2, 0.25) is 0 Å². The molecule has 0 amide bonds. The maximum absolute atomic E-state index is 13.0. The molecule has 0 atom stereocenters. The van der Waals surface area contributed by atoms with Crippen LogP contribution in [0, 0.1) is 5.82 Å². The summed E-state index contributed by atoms with van der Waals surface area (Å²) < 4.78 is 18.4. The Morgan fingerprint density at radius 2 is 2.11 bits per heavy atom. The van der Waals surface area contributed by atoms with E-state index in [2.05, 4.69) is 20.8 Å². The molecule has 2 N–H and O–H groups in total. The summed E-state index contributed by atoms with van der Waals surface area (Å²) in [6, 6.07) is 7.06. The number of rotatable bonds is 6. The summed E-state index contributed by atoms with van der Waals surface area (Å²) in [6.45, 7) is 5.06. The quantitative estimate of drug-likeness (QED) is 0.838. The first-order chi connectivity index (χ1) is 9.13. The third kappa shape index (κ3) is 4.33. The second-order valence-electron chi connectivity index (χ2n) is 4.52. The molecule has 0 aliphatic rings. The van der Waals surface area contributed by atoms with E-state index >= 15 is 0 Å². The first-order valence-corrected chi connectivity index (χ1v) is 6.17. The summed E-state index contributed by atoms with van der Waals surface area (Å²) in [4.78, 5) is 0. The molecule has 1 aromatic carbocycles. The van der Waals surface area contributed by atoms with E-state index in [1.54, 1.807) is 6.07 Å². The van der Waals surface area contributed by atoms with Gasteiger partial charge in [0.25, 0.3) is 0 Å². The summed E-state index contributed by atoms with van der Waals surface area (Å²) >= 11 is 0. The van der Waals surface area contributed by atoms with Crippen molar-refractivity contribution in [2.24, 2.45) is 0 Å². The largest absolute Gasteiger partial charge is 0.407 e. The summed E-state index contributed by atoms with van der Waals surface area (Å²) in [5.74, 6) is 0.266. The topological polar surface area (TPSA) is 63.0 Å². The number of hydrogen-bond donors (Lipinski definition) is 2. The Labute approximate surface area is 111 Å². The lowest BCUT2D eigenvalue weighted by atomic mass is 10.2. The van der Waals surface area contributed by atoms with Gasteiger partial charge in [-0.3, -0.25) is 0 Å². The predicted octanol–water partition coefficient (Wildman–Crippen LogP) is 2.32. The molecule has 0 saturated heterocycles. The molecule has 0 aliphatic carbocycles. The fourth-order valence-corrected chi connectivity index (χ4v) is 1.51. The van der Waals surface area contributed by atoms with Crippen molar-refractivity contribution < 1.29 is 8.81 Å². The molecular weight excluding hydrogens is 247 g/mol. The Morgan fingerprint density at radius 3 is 2.84 bits per heavy atom. The van der Waals surface area contributed by atoms with Gasteiger partial charge in [0.15, 0.2) is 0 Å². The van der Waals surface area contributed by atoms with Gasteiger partial charge < -0.3 is 15.1 Å². The Morgan fingerprint density at radius 1 is 1.26 bits per heavy atom. The van der Waals surface area contributed by atoms with Crippen LogP contribution in [0.4, 0.5) is 10.4 Å². The highest BCUT2D eigenvalue weighted by molar-refractivity contribution is 5.24. The fraction of sp³-hybridized carbons (Fsp3) is 0.385. The first-order valence-electron chi connectivity index (χ1n) is 6.17. The number of aromatic nitrogens is 2. The van der Waals surface area contributed by atoms with Gasteiger partial charge in [0.1, 0.15) is 5.82 Å². The van der Waals surface area contributed by atoms with Crippen molar-refractivity contribution >= 4 is 6.01 Å². The summed E-state index contributed by atoms with van der Waals surface area (Å²) in [5, 5.41) is 13.9. The normalized spacial score (nSPS) is 10.9.